The van der Waals surface area contributed by atoms with Gasteiger partial charge < -0.3 is 5.73 Å². The molecule has 0 saturated carbocycles. The van der Waals surface area contributed by atoms with Gasteiger partial charge in [0.2, 0.25) is 0 Å². The molecule has 0 heterocycles. The van der Waals surface area contributed by atoms with Gasteiger partial charge in [-0.3, -0.25) is 0 Å². The molecule has 0 fully saturated rings. The molecule has 0 aliphatic carbocycles. The molecule has 2 aromatic carbocycles. The molecule has 0 radical (unpaired) electrons. The molecule has 0 bridgehead atoms. The molecule has 2 rings (SSSR count). The van der Waals surface area contributed by atoms with Crippen LogP contribution in [0.1, 0.15) is 5.56 Å². The zero-order chi connectivity index (χ0) is 13.3. The van der Waals surface area contributed by atoms with Gasteiger partial charge in [0.05, 0.1) is 15.1 Å². The van der Waals surface area contributed by atoms with Crippen LogP contribution in [0.4, 0.5) is 0 Å². The predicted molar refractivity (Wildman–Crippen MR) is 79.8 cm³/mol. The maximum atomic E-state index is 6.19. The van der Waals surface area contributed by atoms with E-state index in [1.165, 1.54) is 0 Å². The molecule has 1 nitrogen and oxygen atoms in total. The first-order valence-electron chi connectivity index (χ1n) is 5.17. The second-order valence-electron chi connectivity index (χ2n) is 3.74. The number of halogens is 4. The number of hydrogen-bond acceptors (Lipinski definition) is 1. The lowest BCUT2D eigenvalue weighted by molar-refractivity contribution is 1.07. The highest BCUT2D eigenvalue weighted by atomic mass is 35.5. The summed E-state index contributed by atoms with van der Waals surface area (Å²) >= 11 is 24.6. The van der Waals surface area contributed by atoms with Gasteiger partial charge in [-0.1, -0.05) is 52.5 Å². The lowest BCUT2D eigenvalue weighted by Crippen LogP contribution is -1.96. The van der Waals surface area contributed by atoms with Crippen molar-refractivity contribution >= 4 is 46.4 Å². The van der Waals surface area contributed by atoms with Crippen LogP contribution >= 0.6 is 46.4 Å². The van der Waals surface area contributed by atoms with Crippen LogP contribution in [0.5, 0.6) is 0 Å². The van der Waals surface area contributed by atoms with Gasteiger partial charge in [0.1, 0.15) is 0 Å². The summed E-state index contributed by atoms with van der Waals surface area (Å²) in [4.78, 5) is 0. The first-order chi connectivity index (χ1) is 8.54. The summed E-state index contributed by atoms with van der Waals surface area (Å²) in [6, 6.07) is 8.84. The van der Waals surface area contributed by atoms with E-state index < -0.39 is 0 Å². The molecule has 2 N–H and O–H groups in total. The highest BCUT2D eigenvalue weighted by Crippen LogP contribution is 2.42. The summed E-state index contributed by atoms with van der Waals surface area (Å²) in [7, 11) is 0. The number of benzene rings is 2. The normalized spacial score (nSPS) is 10.7. The number of rotatable bonds is 2. The van der Waals surface area contributed by atoms with Gasteiger partial charge >= 0.3 is 0 Å². The lowest BCUT2D eigenvalue weighted by Gasteiger charge is -2.11. The van der Waals surface area contributed by atoms with Gasteiger partial charge in [0.25, 0.3) is 0 Å². The van der Waals surface area contributed by atoms with Gasteiger partial charge in [-0.05, 0) is 29.8 Å². The Morgan fingerprint density at radius 2 is 1.44 bits per heavy atom. The molecule has 94 valence electrons. The molecule has 0 aliphatic heterocycles. The van der Waals surface area contributed by atoms with E-state index in [0.29, 0.717) is 32.2 Å². The van der Waals surface area contributed by atoms with E-state index in [1.54, 1.807) is 18.2 Å². The summed E-state index contributed by atoms with van der Waals surface area (Å²) in [6.07, 6.45) is 0. The minimum absolute atomic E-state index is 0.389. The van der Waals surface area contributed by atoms with E-state index in [1.807, 2.05) is 12.1 Å². The highest BCUT2D eigenvalue weighted by molar-refractivity contribution is 6.46. The Bertz CT molecular complexity index is 596. The Hall–Kier alpha value is -0.440. The van der Waals surface area contributed by atoms with Crippen molar-refractivity contribution in [3.05, 3.63) is 56.0 Å². The molecule has 0 atom stereocenters. The molecular weight excluding hydrogens is 312 g/mol. The molecule has 5 heteroatoms. The van der Waals surface area contributed by atoms with Crippen LogP contribution in [0.2, 0.25) is 20.1 Å². The van der Waals surface area contributed by atoms with Crippen LogP contribution in [-0.4, -0.2) is 0 Å². The van der Waals surface area contributed by atoms with Crippen LogP contribution in [-0.2, 0) is 6.54 Å². The molecular formula is C13H9Cl4N. The average Bonchev–Trinajstić information content (AvgIpc) is 2.36. The maximum Gasteiger partial charge on any atom is 0.0686 e. The highest BCUT2D eigenvalue weighted by Gasteiger charge is 2.14. The summed E-state index contributed by atoms with van der Waals surface area (Å²) in [6.45, 7) is 0.417. The number of hydrogen-bond donors (Lipinski definition) is 1. The third-order valence-electron chi connectivity index (χ3n) is 2.58. The number of nitrogens with two attached hydrogens (primary N) is 1. The minimum atomic E-state index is 0.389. The Kier molecular flexibility index (Phi) is 4.41. The summed E-state index contributed by atoms with van der Waals surface area (Å²) < 4.78 is 0. The first kappa shape index (κ1) is 14.0. The molecule has 0 aromatic heterocycles. The van der Waals surface area contributed by atoms with E-state index in [-0.39, 0.29) is 0 Å². The lowest BCUT2D eigenvalue weighted by atomic mass is 10.0. The smallest absolute Gasteiger partial charge is 0.0686 e. The van der Waals surface area contributed by atoms with Crippen LogP contribution < -0.4 is 5.73 Å². The Morgan fingerprint density at radius 3 is 2.11 bits per heavy atom. The van der Waals surface area contributed by atoms with Crippen LogP contribution in [0, 0.1) is 0 Å². The van der Waals surface area contributed by atoms with E-state index in [2.05, 4.69) is 0 Å². The zero-order valence-corrected chi connectivity index (χ0v) is 12.2. The first-order valence-corrected chi connectivity index (χ1v) is 6.68. The molecule has 0 aliphatic rings. The average molecular weight is 321 g/mol. The van der Waals surface area contributed by atoms with E-state index >= 15 is 0 Å². The fourth-order valence-corrected chi connectivity index (χ4v) is 2.61. The fraction of sp³-hybridized carbons (Fsp3) is 0.0769. The molecule has 0 spiro atoms. The Morgan fingerprint density at radius 1 is 0.833 bits per heavy atom. The predicted octanol–water partition coefficient (Wildman–Crippen LogP) is 5.43. The third-order valence-corrected chi connectivity index (χ3v) is 4.03. The zero-order valence-electron chi connectivity index (χ0n) is 9.18. The summed E-state index contributed by atoms with van der Waals surface area (Å²) in [5.41, 5.74) is 7.93. The van der Waals surface area contributed by atoms with Crippen molar-refractivity contribution in [3.63, 3.8) is 0 Å². The van der Waals surface area contributed by atoms with Crippen LogP contribution in [0.3, 0.4) is 0 Å². The quantitative estimate of drug-likeness (QED) is 0.734. The Balaban J connectivity index is 2.72. The molecule has 2 aromatic rings. The van der Waals surface area contributed by atoms with Gasteiger partial charge in [0, 0.05) is 22.7 Å². The van der Waals surface area contributed by atoms with Gasteiger partial charge in [0.15, 0.2) is 0 Å². The van der Waals surface area contributed by atoms with E-state index in [9.17, 15) is 0 Å². The SMILES string of the molecule is NCc1ccc(Cl)c(-c2c(Cl)ccc(Cl)c2Cl)c1. The van der Waals surface area contributed by atoms with Crippen molar-refractivity contribution in [2.24, 2.45) is 5.73 Å². The standard InChI is InChI=1S/C13H9Cl4N/c14-9-2-1-7(6-18)5-8(9)12-10(15)3-4-11(16)13(12)17/h1-5H,6,18H2. The van der Waals surface area contributed by atoms with Gasteiger partial charge in [-0.15, -0.1) is 0 Å². The fourth-order valence-electron chi connectivity index (χ4n) is 1.66. The van der Waals surface area contributed by atoms with Crippen LogP contribution in [0.25, 0.3) is 11.1 Å². The monoisotopic (exact) mass is 319 g/mol. The van der Waals surface area contributed by atoms with Crippen LogP contribution in [0.15, 0.2) is 30.3 Å². The molecule has 0 amide bonds. The molecule has 0 saturated heterocycles. The van der Waals surface area contributed by atoms with Crippen molar-refractivity contribution in [2.75, 3.05) is 0 Å². The topological polar surface area (TPSA) is 26.0 Å². The molecule has 0 unspecified atom stereocenters. The largest absolute Gasteiger partial charge is 0.326 e. The minimum Gasteiger partial charge on any atom is -0.326 e. The van der Waals surface area contributed by atoms with Crippen molar-refractivity contribution in [2.45, 2.75) is 6.54 Å². The van der Waals surface area contributed by atoms with Crippen molar-refractivity contribution < 1.29 is 0 Å². The maximum absolute atomic E-state index is 6.19. The third kappa shape index (κ3) is 2.61. The van der Waals surface area contributed by atoms with Gasteiger partial charge in [-0.25, -0.2) is 0 Å². The summed E-state index contributed by atoms with van der Waals surface area (Å²) in [5.74, 6) is 0. The molecule has 18 heavy (non-hydrogen) atoms. The van der Waals surface area contributed by atoms with Gasteiger partial charge in [-0.2, -0.15) is 0 Å². The second kappa shape index (κ2) is 5.68. The van der Waals surface area contributed by atoms with Crippen molar-refractivity contribution in [3.8, 4) is 11.1 Å². The van der Waals surface area contributed by atoms with E-state index in [0.717, 1.165) is 11.1 Å². The Labute approximate surface area is 125 Å². The van der Waals surface area contributed by atoms with Crippen molar-refractivity contribution in [1.29, 1.82) is 0 Å². The van der Waals surface area contributed by atoms with E-state index in [4.69, 9.17) is 52.1 Å². The second-order valence-corrected chi connectivity index (χ2v) is 5.34. The van der Waals surface area contributed by atoms with Crippen molar-refractivity contribution in [1.82, 2.24) is 0 Å². The summed E-state index contributed by atoms with van der Waals surface area (Å²) in [5, 5.41) is 1.88.